The van der Waals surface area contributed by atoms with Crippen LogP contribution in [0.25, 0.3) is 0 Å². The lowest BCUT2D eigenvalue weighted by Crippen LogP contribution is -2.15. The molecule has 1 atom stereocenters. The molecule has 0 aliphatic heterocycles. The van der Waals surface area contributed by atoms with Gasteiger partial charge in [0.05, 0.1) is 25.4 Å². The number of benzene rings is 2. The Morgan fingerprint density at radius 1 is 1.04 bits per heavy atom. The number of anilines is 2. The molecule has 0 fully saturated rings. The lowest BCUT2D eigenvalue weighted by Gasteiger charge is -2.15. The van der Waals surface area contributed by atoms with E-state index in [2.05, 4.69) is 34.7 Å². The minimum absolute atomic E-state index is 0.106. The number of amides is 1. The topological polar surface area (TPSA) is 63.2 Å². The van der Waals surface area contributed by atoms with Crippen LogP contribution in [0.1, 0.15) is 24.1 Å². The second-order valence-corrected chi connectivity index (χ2v) is 6.28. The van der Waals surface area contributed by atoms with Gasteiger partial charge >= 0.3 is 0 Å². The Morgan fingerprint density at radius 2 is 1.78 bits per heavy atom. The first-order chi connectivity index (χ1) is 13.1. The van der Waals surface area contributed by atoms with Crippen molar-refractivity contribution in [2.24, 2.45) is 0 Å². The predicted octanol–water partition coefficient (Wildman–Crippen LogP) is 4.44. The van der Waals surface area contributed by atoms with Gasteiger partial charge in [-0.25, -0.2) is 4.98 Å². The third-order valence-corrected chi connectivity index (χ3v) is 4.24. The van der Waals surface area contributed by atoms with Crippen molar-refractivity contribution in [2.75, 3.05) is 17.7 Å². The molecule has 0 spiro atoms. The smallest absolute Gasteiger partial charge is 0.229 e. The first-order valence-corrected chi connectivity index (χ1v) is 8.84. The first-order valence-electron chi connectivity index (χ1n) is 8.84. The molecule has 27 heavy (non-hydrogen) atoms. The molecule has 0 bridgehead atoms. The molecule has 0 aliphatic rings. The number of carbonyl (C=O) groups is 1. The largest absolute Gasteiger partial charge is 0.497 e. The summed E-state index contributed by atoms with van der Waals surface area (Å²) in [5.74, 6) is 1.20. The second-order valence-electron chi connectivity index (χ2n) is 6.28. The normalized spacial score (nSPS) is 11.5. The average molecular weight is 361 g/mol. The first kappa shape index (κ1) is 18.5. The highest BCUT2D eigenvalue weighted by Crippen LogP contribution is 2.19. The van der Waals surface area contributed by atoms with Gasteiger partial charge < -0.3 is 15.4 Å². The molecule has 0 saturated carbocycles. The zero-order valence-corrected chi connectivity index (χ0v) is 15.5. The molecule has 5 nitrogen and oxygen atoms in total. The molecular formula is C22H23N3O2. The fourth-order valence-electron chi connectivity index (χ4n) is 2.74. The van der Waals surface area contributed by atoms with Crippen LogP contribution in [0.5, 0.6) is 5.75 Å². The number of rotatable bonds is 7. The third kappa shape index (κ3) is 5.31. The van der Waals surface area contributed by atoms with E-state index in [-0.39, 0.29) is 18.4 Å². The standard InChI is InChI=1S/C22H23N3O2/c1-16(18-6-4-3-5-7-18)24-19-10-13-21(23-15-19)25-22(26)14-17-8-11-20(27-2)12-9-17/h3-13,15-16,24H,14H2,1-2H3,(H,23,25,26). The predicted molar refractivity (Wildman–Crippen MR) is 108 cm³/mol. The number of nitrogens with one attached hydrogen (secondary N) is 2. The van der Waals surface area contributed by atoms with Crippen molar-refractivity contribution in [1.29, 1.82) is 0 Å². The van der Waals surface area contributed by atoms with Crippen LogP contribution in [0.15, 0.2) is 72.9 Å². The number of hydrogen-bond acceptors (Lipinski definition) is 4. The van der Waals surface area contributed by atoms with E-state index >= 15 is 0 Å². The van der Waals surface area contributed by atoms with E-state index in [1.807, 2.05) is 48.5 Å². The molecule has 3 aromatic rings. The maximum atomic E-state index is 12.2. The van der Waals surface area contributed by atoms with E-state index in [9.17, 15) is 4.79 Å². The fourth-order valence-corrected chi connectivity index (χ4v) is 2.74. The van der Waals surface area contributed by atoms with Crippen LogP contribution in [-0.4, -0.2) is 18.0 Å². The van der Waals surface area contributed by atoms with E-state index < -0.39 is 0 Å². The summed E-state index contributed by atoms with van der Waals surface area (Å²) in [5, 5.41) is 6.22. The molecule has 0 aliphatic carbocycles. The van der Waals surface area contributed by atoms with E-state index in [0.29, 0.717) is 5.82 Å². The molecule has 0 saturated heterocycles. The number of nitrogens with zero attached hydrogens (tertiary/aromatic N) is 1. The zero-order chi connectivity index (χ0) is 19.1. The minimum atomic E-state index is -0.106. The third-order valence-electron chi connectivity index (χ3n) is 4.24. The van der Waals surface area contributed by atoms with Crippen molar-refractivity contribution in [3.63, 3.8) is 0 Å². The van der Waals surface area contributed by atoms with Gasteiger partial charge in [-0.05, 0) is 42.3 Å². The van der Waals surface area contributed by atoms with Crippen LogP contribution in [0.4, 0.5) is 11.5 Å². The van der Waals surface area contributed by atoms with Crippen LogP contribution in [-0.2, 0) is 11.2 Å². The van der Waals surface area contributed by atoms with Crippen molar-refractivity contribution in [1.82, 2.24) is 4.98 Å². The molecule has 1 heterocycles. The highest BCUT2D eigenvalue weighted by atomic mass is 16.5. The maximum absolute atomic E-state index is 12.2. The van der Waals surface area contributed by atoms with Crippen LogP contribution >= 0.6 is 0 Å². The number of aromatic nitrogens is 1. The Balaban J connectivity index is 1.54. The summed E-state index contributed by atoms with van der Waals surface area (Å²) in [6, 6.07) is 21.5. The SMILES string of the molecule is COc1ccc(CC(=O)Nc2ccc(NC(C)c3ccccc3)cn2)cc1. The molecule has 5 heteroatoms. The molecule has 138 valence electrons. The fraction of sp³-hybridized carbons (Fsp3) is 0.182. The Labute approximate surface area is 159 Å². The lowest BCUT2D eigenvalue weighted by molar-refractivity contribution is -0.115. The molecule has 1 aromatic heterocycles. The van der Waals surface area contributed by atoms with Gasteiger partial charge in [-0.1, -0.05) is 42.5 Å². The average Bonchev–Trinajstić information content (AvgIpc) is 2.70. The summed E-state index contributed by atoms with van der Waals surface area (Å²) < 4.78 is 5.12. The maximum Gasteiger partial charge on any atom is 0.229 e. The van der Waals surface area contributed by atoms with Gasteiger partial charge in [-0.15, -0.1) is 0 Å². The van der Waals surface area contributed by atoms with Crippen LogP contribution in [0, 0.1) is 0 Å². The number of hydrogen-bond donors (Lipinski definition) is 2. The number of ether oxygens (including phenoxy) is 1. The summed E-state index contributed by atoms with van der Waals surface area (Å²) in [6.45, 7) is 2.10. The van der Waals surface area contributed by atoms with Crippen LogP contribution < -0.4 is 15.4 Å². The summed E-state index contributed by atoms with van der Waals surface area (Å²) in [6.07, 6.45) is 2.01. The molecule has 1 amide bonds. The van der Waals surface area contributed by atoms with Crippen LogP contribution in [0.2, 0.25) is 0 Å². The quantitative estimate of drug-likeness (QED) is 0.653. The highest BCUT2D eigenvalue weighted by molar-refractivity contribution is 5.91. The van der Waals surface area contributed by atoms with E-state index in [1.165, 1.54) is 5.56 Å². The van der Waals surface area contributed by atoms with Crippen molar-refractivity contribution < 1.29 is 9.53 Å². The van der Waals surface area contributed by atoms with Gasteiger partial charge in [0.2, 0.25) is 5.91 Å². The monoisotopic (exact) mass is 361 g/mol. The molecule has 1 unspecified atom stereocenters. The van der Waals surface area contributed by atoms with E-state index in [4.69, 9.17) is 4.74 Å². The number of carbonyl (C=O) groups excluding carboxylic acids is 1. The van der Waals surface area contributed by atoms with Crippen molar-refractivity contribution >= 4 is 17.4 Å². The number of pyridine rings is 1. The molecule has 2 N–H and O–H groups in total. The van der Waals surface area contributed by atoms with Gasteiger partial charge in [0.1, 0.15) is 11.6 Å². The molecule has 0 radical (unpaired) electrons. The van der Waals surface area contributed by atoms with Gasteiger partial charge in [-0.3, -0.25) is 4.79 Å². The minimum Gasteiger partial charge on any atom is -0.497 e. The highest BCUT2D eigenvalue weighted by Gasteiger charge is 2.07. The Hall–Kier alpha value is -3.34. The summed E-state index contributed by atoms with van der Waals surface area (Å²) >= 11 is 0. The Kier molecular flexibility index (Phi) is 6.05. The summed E-state index contributed by atoms with van der Waals surface area (Å²) in [4.78, 5) is 16.5. The zero-order valence-electron chi connectivity index (χ0n) is 15.5. The van der Waals surface area contributed by atoms with Gasteiger partial charge in [-0.2, -0.15) is 0 Å². The van der Waals surface area contributed by atoms with Gasteiger partial charge in [0, 0.05) is 6.04 Å². The number of methoxy groups -OCH3 is 1. The molecule has 2 aromatic carbocycles. The van der Waals surface area contributed by atoms with Crippen molar-refractivity contribution in [2.45, 2.75) is 19.4 Å². The Morgan fingerprint density at radius 3 is 2.41 bits per heavy atom. The van der Waals surface area contributed by atoms with Crippen molar-refractivity contribution in [3.8, 4) is 5.75 Å². The van der Waals surface area contributed by atoms with E-state index in [1.54, 1.807) is 19.4 Å². The molecule has 3 rings (SSSR count). The lowest BCUT2D eigenvalue weighted by atomic mass is 10.1. The summed E-state index contributed by atoms with van der Waals surface area (Å²) in [5.41, 5.74) is 3.03. The molecular weight excluding hydrogens is 338 g/mol. The van der Waals surface area contributed by atoms with Crippen molar-refractivity contribution in [3.05, 3.63) is 84.1 Å². The van der Waals surface area contributed by atoms with E-state index in [0.717, 1.165) is 17.0 Å². The van der Waals surface area contributed by atoms with Gasteiger partial charge in [0.25, 0.3) is 0 Å². The van der Waals surface area contributed by atoms with Crippen LogP contribution in [0.3, 0.4) is 0 Å². The Bertz CT molecular complexity index is 862. The second kappa shape index (κ2) is 8.85. The summed E-state index contributed by atoms with van der Waals surface area (Å²) in [7, 11) is 1.62. The van der Waals surface area contributed by atoms with Gasteiger partial charge in [0.15, 0.2) is 0 Å².